The van der Waals surface area contributed by atoms with Crippen molar-refractivity contribution < 1.29 is 20.0 Å². The van der Waals surface area contributed by atoms with Crippen LogP contribution in [0.4, 0.5) is 5.69 Å². The summed E-state index contributed by atoms with van der Waals surface area (Å²) in [5, 5.41) is 15.6. The van der Waals surface area contributed by atoms with Crippen LogP contribution in [0.3, 0.4) is 0 Å². The van der Waals surface area contributed by atoms with E-state index in [4.69, 9.17) is 0 Å². The second kappa shape index (κ2) is 8.84. The van der Waals surface area contributed by atoms with Crippen molar-refractivity contribution in [1.29, 1.82) is 0 Å². The second-order valence-electron chi connectivity index (χ2n) is 5.80. The van der Waals surface area contributed by atoms with E-state index in [0.717, 1.165) is 17.5 Å². The number of anilines is 1. The zero-order chi connectivity index (χ0) is 17.4. The number of carbonyl (C=O) groups is 2. The number of nitrogens with one attached hydrogen (secondary N) is 1. The predicted octanol–water partition coefficient (Wildman–Crippen LogP) is 0.248. The van der Waals surface area contributed by atoms with E-state index in [2.05, 4.69) is 5.32 Å². The Morgan fingerprint density at radius 3 is 2.38 bits per heavy atom. The molecule has 3 N–H and O–H groups in total. The molecule has 1 atom stereocenters. The Hall–Kier alpha value is -2.66. The van der Waals surface area contributed by atoms with Gasteiger partial charge >= 0.3 is 0 Å². The van der Waals surface area contributed by atoms with Gasteiger partial charge in [0.15, 0.2) is 0 Å². The Kier molecular flexibility index (Phi) is 6.51. The van der Waals surface area contributed by atoms with Gasteiger partial charge < -0.3 is 20.5 Å². The minimum absolute atomic E-state index is 0.120. The Morgan fingerprint density at radius 1 is 1.08 bits per heavy atom. The van der Waals surface area contributed by atoms with Crippen LogP contribution in [0.2, 0.25) is 0 Å². The molecule has 2 aromatic rings. The fraction of sp³-hybridized carbons (Fsp3) is 0.263. The Balaban J connectivity index is 1.82. The van der Waals surface area contributed by atoms with E-state index >= 15 is 0 Å². The Bertz CT molecular complexity index is 669. The molecule has 0 bridgehead atoms. The Labute approximate surface area is 141 Å². The number of carboxylic acid groups (broad SMARTS) is 1. The summed E-state index contributed by atoms with van der Waals surface area (Å²) in [5.41, 5.74) is 2.89. The third-order valence-corrected chi connectivity index (χ3v) is 3.77. The molecule has 0 aliphatic rings. The first kappa shape index (κ1) is 17.7. The molecule has 0 spiro atoms. The molecule has 5 heteroatoms. The minimum atomic E-state index is -1.22. The summed E-state index contributed by atoms with van der Waals surface area (Å²) in [6, 6.07) is 16.3. The lowest BCUT2D eigenvalue weighted by atomic mass is 10.1. The first-order valence-corrected chi connectivity index (χ1v) is 7.99. The quantitative estimate of drug-likeness (QED) is 0.729. The minimum Gasteiger partial charge on any atom is -0.544 e. The maximum atomic E-state index is 12.0. The second-order valence-corrected chi connectivity index (χ2v) is 5.80. The van der Waals surface area contributed by atoms with Crippen molar-refractivity contribution in [2.24, 2.45) is 0 Å². The van der Waals surface area contributed by atoms with Crippen LogP contribution in [0.25, 0.3) is 0 Å². The van der Waals surface area contributed by atoms with E-state index in [0.29, 0.717) is 12.2 Å². The zero-order valence-corrected chi connectivity index (χ0v) is 13.7. The third-order valence-electron chi connectivity index (χ3n) is 3.77. The van der Waals surface area contributed by atoms with Gasteiger partial charge in [0.05, 0.1) is 18.9 Å². The topological polar surface area (TPSA) is 85.8 Å². The van der Waals surface area contributed by atoms with Gasteiger partial charge in [-0.1, -0.05) is 48.0 Å². The Morgan fingerprint density at radius 2 is 1.75 bits per heavy atom. The number of hydrogen-bond acceptors (Lipinski definition) is 3. The maximum Gasteiger partial charge on any atom is 0.230 e. The van der Waals surface area contributed by atoms with Crippen molar-refractivity contribution in [2.45, 2.75) is 25.8 Å². The summed E-state index contributed by atoms with van der Waals surface area (Å²) >= 11 is 0. The van der Waals surface area contributed by atoms with Crippen molar-refractivity contribution in [3.8, 4) is 0 Å². The molecule has 0 aliphatic heterocycles. The molecule has 1 unspecified atom stereocenters. The third kappa shape index (κ3) is 5.85. The van der Waals surface area contributed by atoms with Crippen LogP contribution in [-0.2, 0) is 16.0 Å². The van der Waals surface area contributed by atoms with Crippen LogP contribution in [0, 0.1) is 6.92 Å². The standard InChI is InChI=1S/C19H22N2O3/c1-14-7-9-16(10-8-14)21-18(22)13-17(19(23)24)20-12-11-15-5-3-2-4-6-15/h2-10,17,20H,11-13H2,1H3,(H,21,22)(H,23,24). The van der Waals surface area contributed by atoms with Crippen LogP contribution >= 0.6 is 0 Å². The number of amides is 1. The smallest absolute Gasteiger partial charge is 0.230 e. The first-order chi connectivity index (χ1) is 11.5. The molecule has 5 nitrogen and oxygen atoms in total. The number of carbonyl (C=O) groups excluding carboxylic acids is 2. The largest absolute Gasteiger partial charge is 0.544 e. The number of benzene rings is 2. The highest BCUT2D eigenvalue weighted by Gasteiger charge is 2.18. The number of quaternary nitrogens is 1. The molecule has 0 aliphatic carbocycles. The van der Waals surface area contributed by atoms with Gasteiger partial charge in [0, 0.05) is 12.1 Å². The molecular formula is C19H22N2O3. The number of aliphatic carboxylic acids is 1. The molecule has 0 heterocycles. The van der Waals surface area contributed by atoms with E-state index in [1.165, 1.54) is 0 Å². The highest BCUT2D eigenvalue weighted by Crippen LogP contribution is 2.09. The van der Waals surface area contributed by atoms with Gasteiger partial charge in [0.25, 0.3) is 0 Å². The van der Waals surface area contributed by atoms with Gasteiger partial charge in [-0.3, -0.25) is 4.79 Å². The lowest BCUT2D eigenvalue weighted by Gasteiger charge is -2.16. The molecule has 0 radical (unpaired) electrons. The van der Waals surface area contributed by atoms with Crippen LogP contribution in [0.15, 0.2) is 54.6 Å². The zero-order valence-electron chi connectivity index (χ0n) is 13.7. The van der Waals surface area contributed by atoms with E-state index in [1.54, 1.807) is 17.4 Å². The molecular weight excluding hydrogens is 304 g/mol. The van der Waals surface area contributed by atoms with E-state index in [1.807, 2.05) is 49.4 Å². The van der Waals surface area contributed by atoms with E-state index < -0.39 is 12.0 Å². The van der Waals surface area contributed by atoms with E-state index in [-0.39, 0.29) is 12.3 Å². The molecule has 2 rings (SSSR count). The van der Waals surface area contributed by atoms with Gasteiger partial charge in [-0.15, -0.1) is 0 Å². The molecule has 0 fully saturated rings. The maximum absolute atomic E-state index is 12.0. The van der Waals surface area contributed by atoms with Gasteiger partial charge in [0.1, 0.15) is 6.04 Å². The summed E-state index contributed by atoms with van der Waals surface area (Å²) < 4.78 is 0. The number of carboxylic acids is 1. The summed E-state index contributed by atoms with van der Waals surface area (Å²) in [7, 11) is 0. The number of hydrogen-bond donors (Lipinski definition) is 2. The molecule has 0 saturated heterocycles. The molecule has 2 aromatic carbocycles. The molecule has 0 saturated carbocycles. The van der Waals surface area contributed by atoms with Gasteiger partial charge in [-0.25, -0.2) is 0 Å². The molecule has 126 valence electrons. The fourth-order valence-electron chi connectivity index (χ4n) is 2.41. The van der Waals surface area contributed by atoms with Crippen molar-refractivity contribution in [3.63, 3.8) is 0 Å². The van der Waals surface area contributed by atoms with Crippen LogP contribution in [0.1, 0.15) is 17.5 Å². The first-order valence-electron chi connectivity index (χ1n) is 7.99. The van der Waals surface area contributed by atoms with Crippen LogP contribution in [0.5, 0.6) is 0 Å². The van der Waals surface area contributed by atoms with Gasteiger partial charge in [-0.2, -0.15) is 0 Å². The number of nitrogens with two attached hydrogens (primary N) is 1. The lowest BCUT2D eigenvalue weighted by molar-refractivity contribution is -0.682. The number of aryl methyl sites for hydroxylation is 1. The summed E-state index contributed by atoms with van der Waals surface area (Å²) in [4.78, 5) is 23.3. The fourth-order valence-corrected chi connectivity index (χ4v) is 2.41. The normalized spacial score (nSPS) is 11.7. The van der Waals surface area contributed by atoms with Crippen LogP contribution in [-0.4, -0.2) is 24.5 Å². The van der Waals surface area contributed by atoms with Gasteiger partial charge in [-0.05, 0) is 24.6 Å². The lowest BCUT2D eigenvalue weighted by Crippen LogP contribution is -2.93. The van der Waals surface area contributed by atoms with Gasteiger partial charge in [0.2, 0.25) is 5.91 Å². The average molecular weight is 326 g/mol. The summed E-state index contributed by atoms with van der Waals surface area (Å²) in [5.74, 6) is -1.55. The monoisotopic (exact) mass is 326 g/mol. The number of rotatable bonds is 8. The van der Waals surface area contributed by atoms with E-state index in [9.17, 15) is 14.7 Å². The molecule has 24 heavy (non-hydrogen) atoms. The van der Waals surface area contributed by atoms with Crippen molar-refractivity contribution >= 4 is 17.6 Å². The van der Waals surface area contributed by atoms with Crippen molar-refractivity contribution in [3.05, 3.63) is 65.7 Å². The molecule has 1 amide bonds. The SMILES string of the molecule is Cc1ccc(NC(=O)CC([NH2+]CCc2ccccc2)C(=O)[O-])cc1. The molecule has 0 aromatic heterocycles. The summed E-state index contributed by atoms with van der Waals surface area (Å²) in [6.45, 7) is 2.54. The average Bonchev–Trinajstić information content (AvgIpc) is 2.57. The van der Waals surface area contributed by atoms with Crippen molar-refractivity contribution in [1.82, 2.24) is 0 Å². The highest BCUT2D eigenvalue weighted by molar-refractivity contribution is 5.93. The predicted molar refractivity (Wildman–Crippen MR) is 90.2 cm³/mol. The van der Waals surface area contributed by atoms with Crippen molar-refractivity contribution in [2.75, 3.05) is 11.9 Å². The highest BCUT2D eigenvalue weighted by atomic mass is 16.4. The van der Waals surface area contributed by atoms with Crippen LogP contribution < -0.4 is 15.7 Å². The summed E-state index contributed by atoms with van der Waals surface area (Å²) in [6.07, 6.45) is 0.620.